The van der Waals surface area contributed by atoms with Gasteiger partial charge in [0.25, 0.3) is 5.91 Å². The highest BCUT2D eigenvalue weighted by Gasteiger charge is 2.33. The summed E-state index contributed by atoms with van der Waals surface area (Å²) in [5, 5.41) is 5.52. The fraction of sp³-hybridized carbons (Fsp3) is 0.391. The minimum atomic E-state index is -2.91. The lowest BCUT2D eigenvalue weighted by Crippen LogP contribution is -2.52. The van der Waals surface area contributed by atoms with Crippen molar-refractivity contribution in [2.45, 2.75) is 12.5 Å². The number of rotatable bonds is 6. The van der Waals surface area contributed by atoms with Gasteiger partial charge in [0.1, 0.15) is 5.82 Å². The van der Waals surface area contributed by atoms with E-state index < -0.39 is 21.6 Å². The zero-order chi connectivity index (χ0) is 23.4. The van der Waals surface area contributed by atoms with E-state index in [1.165, 1.54) is 24.3 Å². The number of nitrogens with zero attached hydrogens (tertiary/aromatic N) is 2. The lowest BCUT2D eigenvalue weighted by Gasteiger charge is -2.37. The predicted molar refractivity (Wildman–Crippen MR) is 124 cm³/mol. The highest BCUT2D eigenvalue weighted by molar-refractivity contribution is 7.91. The molecule has 2 heterocycles. The van der Waals surface area contributed by atoms with Crippen molar-refractivity contribution in [3.63, 3.8) is 0 Å². The van der Waals surface area contributed by atoms with Gasteiger partial charge in [0.2, 0.25) is 5.91 Å². The predicted octanol–water partition coefficient (Wildman–Crippen LogP) is 1.82. The molecule has 0 aliphatic carbocycles. The van der Waals surface area contributed by atoms with Crippen LogP contribution in [0.2, 0.25) is 0 Å². The fourth-order valence-electron chi connectivity index (χ4n) is 4.26. The molecule has 8 nitrogen and oxygen atoms in total. The Hall–Kier alpha value is -2.82. The van der Waals surface area contributed by atoms with Crippen LogP contribution in [0.15, 0.2) is 48.5 Å². The van der Waals surface area contributed by atoms with Crippen LogP contribution in [-0.2, 0) is 14.6 Å². The van der Waals surface area contributed by atoms with E-state index >= 15 is 0 Å². The molecule has 0 aromatic heterocycles. The molecule has 0 bridgehead atoms. The second-order valence-electron chi connectivity index (χ2n) is 8.42. The third-order valence-corrected chi connectivity index (χ3v) is 7.80. The minimum absolute atomic E-state index is 0.0810. The van der Waals surface area contributed by atoms with E-state index in [2.05, 4.69) is 15.5 Å². The number of hydrogen-bond acceptors (Lipinski definition) is 6. The summed E-state index contributed by atoms with van der Waals surface area (Å²) < 4.78 is 36.5. The van der Waals surface area contributed by atoms with E-state index in [9.17, 15) is 22.4 Å². The molecular weight excluding hydrogens is 447 g/mol. The lowest BCUT2D eigenvalue weighted by atomic mass is 10.1. The molecule has 2 aromatic rings. The number of carbonyl (C=O) groups is 2. The van der Waals surface area contributed by atoms with Crippen molar-refractivity contribution in [1.29, 1.82) is 0 Å². The molecule has 2 aromatic carbocycles. The smallest absolute Gasteiger partial charge is 0.257 e. The Bertz CT molecular complexity index is 1120. The van der Waals surface area contributed by atoms with Crippen molar-refractivity contribution in [1.82, 2.24) is 9.80 Å². The maximum Gasteiger partial charge on any atom is 0.257 e. The van der Waals surface area contributed by atoms with Crippen LogP contribution in [0.1, 0.15) is 16.8 Å². The van der Waals surface area contributed by atoms with E-state index in [4.69, 9.17) is 0 Å². The highest BCUT2D eigenvalue weighted by atomic mass is 32.2. The molecule has 0 unspecified atom stereocenters. The second kappa shape index (κ2) is 9.98. The monoisotopic (exact) mass is 474 g/mol. The van der Waals surface area contributed by atoms with E-state index in [-0.39, 0.29) is 30.0 Å². The number of nitrogens with one attached hydrogen (secondary N) is 2. The maximum atomic E-state index is 13.1. The van der Waals surface area contributed by atoms with Crippen LogP contribution in [0.4, 0.5) is 15.8 Å². The van der Waals surface area contributed by atoms with Crippen molar-refractivity contribution >= 4 is 33.0 Å². The van der Waals surface area contributed by atoms with Gasteiger partial charge >= 0.3 is 0 Å². The fourth-order valence-corrected chi connectivity index (χ4v) is 6.03. The van der Waals surface area contributed by atoms with E-state index in [0.29, 0.717) is 36.4 Å². The molecule has 2 aliphatic rings. The number of benzene rings is 2. The van der Waals surface area contributed by atoms with Gasteiger partial charge in [-0.2, -0.15) is 0 Å². The van der Waals surface area contributed by atoms with E-state index in [0.717, 1.165) is 13.1 Å². The van der Waals surface area contributed by atoms with Crippen LogP contribution < -0.4 is 10.6 Å². The van der Waals surface area contributed by atoms with Crippen molar-refractivity contribution < 1.29 is 22.4 Å². The van der Waals surface area contributed by atoms with Crippen LogP contribution in [0.5, 0.6) is 0 Å². The van der Waals surface area contributed by atoms with Gasteiger partial charge in [0.05, 0.1) is 29.3 Å². The molecule has 2 saturated heterocycles. The van der Waals surface area contributed by atoms with E-state index in [1.807, 2.05) is 4.90 Å². The Kier molecular flexibility index (Phi) is 7.06. The van der Waals surface area contributed by atoms with Gasteiger partial charge in [0.15, 0.2) is 9.84 Å². The van der Waals surface area contributed by atoms with Gasteiger partial charge in [-0.15, -0.1) is 0 Å². The van der Waals surface area contributed by atoms with Gasteiger partial charge in [-0.1, -0.05) is 12.1 Å². The third-order valence-electron chi connectivity index (χ3n) is 6.05. The first-order valence-corrected chi connectivity index (χ1v) is 12.7. The lowest BCUT2D eigenvalue weighted by molar-refractivity contribution is -0.117. The van der Waals surface area contributed by atoms with Gasteiger partial charge in [-0.3, -0.25) is 19.4 Å². The SMILES string of the molecule is O=C(CN1CCN([C@@H]2CCS(=O)(=O)C2)CC1)Nc1ccccc1C(=O)Nc1ccc(F)cc1. The van der Waals surface area contributed by atoms with Crippen molar-refractivity contribution in [2.75, 3.05) is 54.9 Å². The summed E-state index contributed by atoms with van der Waals surface area (Å²) in [4.78, 5) is 29.6. The Labute approximate surface area is 192 Å². The number of sulfone groups is 1. The quantitative estimate of drug-likeness (QED) is 0.663. The largest absolute Gasteiger partial charge is 0.324 e. The number of hydrogen-bond donors (Lipinski definition) is 2. The summed E-state index contributed by atoms with van der Waals surface area (Å²) in [7, 11) is -2.91. The summed E-state index contributed by atoms with van der Waals surface area (Å²) in [6, 6.07) is 12.3. The van der Waals surface area contributed by atoms with Crippen molar-refractivity contribution in [3.05, 3.63) is 59.9 Å². The molecule has 2 N–H and O–H groups in total. The minimum Gasteiger partial charge on any atom is -0.324 e. The first-order chi connectivity index (χ1) is 15.8. The van der Waals surface area contributed by atoms with Crippen LogP contribution in [-0.4, -0.2) is 80.3 Å². The molecule has 176 valence electrons. The first kappa shape index (κ1) is 23.3. The Balaban J connectivity index is 1.30. The number of piperazine rings is 1. The third kappa shape index (κ3) is 6.16. The van der Waals surface area contributed by atoms with Crippen molar-refractivity contribution in [2.24, 2.45) is 0 Å². The molecule has 4 rings (SSSR count). The summed E-state index contributed by atoms with van der Waals surface area (Å²) in [6.45, 7) is 2.99. The highest BCUT2D eigenvalue weighted by Crippen LogP contribution is 2.20. The van der Waals surface area contributed by atoms with Crippen LogP contribution >= 0.6 is 0 Å². The molecule has 10 heteroatoms. The van der Waals surface area contributed by atoms with Crippen LogP contribution in [0, 0.1) is 5.82 Å². The molecule has 0 spiro atoms. The Morgan fingerprint density at radius 3 is 2.33 bits per heavy atom. The number of para-hydroxylation sites is 1. The number of amides is 2. The normalized spacial score (nSPS) is 20.9. The Morgan fingerprint density at radius 1 is 0.970 bits per heavy atom. The molecule has 0 radical (unpaired) electrons. The molecular formula is C23H27FN4O4S. The summed E-state index contributed by atoms with van der Waals surface area (Å²) in [6.07, 6.45) is 0.680. The number of anilines is 2. The van der Waals surface area contributed by atoms with E-state index in [1.54, 1.807) is 24.3 Å². The van der Waals surface area contributed by atoms with Crippen molar-refractivity contribution in [3.8, 4) is 0 Å². The second-order valence-corrected chi connectivity index (χ2v) is 10.7. The van der Waals surface area contributed by atoms with Gasteiger partial charge in [0, 0.05) is 37.9 Å². The van der Waals surface area contributed by atoms with Gasteiger partial charge in [-0.05, 0) is 42.8 Å². The molecule has 2 aliphatic heterocycles. The first-order valence-electron chi connectivity index (χ1n) is 10.9. The Morgan fingerprint density at radius 2 is 1.67 bits per heavy atom. The molecule has 1 atom stereocenters. The zero-order valence-electron chi connectivity index (χ0n) is 18.2. The zero-order valence-corrected chi connectivity index (χ0v) is 19.0. The topological polar surface area (TPSA) is 98.8 Å². The molecule has 2 amide bonds. The average Bonchev–Trinajstić information content (AvgIpc) is 3.16. The summed E-state index contributed by atoms with van der Waals surface area (Å²) in [5.41, 5.74) is 1.16. The molecule has 2 fully saturated rings. The number of carbonyl (C=O) groups excluding carboxylic acids is 2. The van der Waals surface area contributed by atoms with Gasteiger partial charge in [-0.25, -0.2) is 12.8 Å². The maximum absolute atomic E-state index is 13.1. The average molecular weight is 475 g/mol. The molecule has 0 saturated carbocycles. The molecule has 33 heavy (non-hydrogen) atoms. The summed E-state index contributed by atoms with van der Waals surface area (Å²) in [5.74, 6) is -0.542. The number of halogens is 1. The standard InChI is InChI=1S/C23H27FN4O4S/c24-17-5-7-18(8-6-17)25-23(30)20-3-1-2-4-21(20)26-22(29)15-27-10-12-28(13-11-27)19-9-14-33(31,32)16-19/h1-8,19H,9-16H2,(H,25,30)(H,26,29)/t19-/m1/s1. The summed E-state index contributed by atoms with van der Waals surface area (Å²) >= 11 is 0. The van der Waals surface area contributed by atoms with Crippen LogP contribution in [0.25, 0.3) is 0 Å². The van der Waals surface area contributed by atoms with Crippen LogP contribution in [0.3, 0.4) is 0 Å². The van der Waals surface area contributed by atoms with Gasteiger partial charge < -0.3 is 10.6 Å².